The number of nitrogens with one attached hydrogen (secondary N) is 1. The summed E-state index contributed by atoms with van der Waals surface area (Å²) in [5.74, 6) is 0.911. The fourth-order valence-electron chi connectivity index (χ4n) is 4.18. The van der Waals surface area contributed by atoms with Gasteiger partial charge in [0.2, 0.25) is 0 Å². The highest BCUT2D eigenvalue weighted by Crippen LogP contribution is 2.37. The maximum atomic E-state index is 13.6. The summed E-state index contributed by atoms with van der Waals surface area (Å²) in [6.45, 7) is 3.08. The lowest BCUT2D eigenvalue weighted by Gasteiger charge is -2.40. The Labute approximate surface area is 156 Å². The number of piperidine rings is 1. The topological polar surface area (TPSA) is 63.1 Å². The molecule has 0 radical (unpaired) electrons. The maximum absolute atomic E-state index is 13.6. The summed E-state index contributed by atoms with van der Waals surface area (Å²) in [6, 6.07) is 4.42. The summed E-state index contributed by atoms with van der Waals surface area (Å²) in [5.41, 5.74) is 1.32. The standard InChI is InChI=1S/C19H23F2N5O/c1-12-9-17-23-15(10-16(18(20)21)26(17)24-12)13-4-7-25(8-5-13)19(27)14-3-2-6-22-11-14/h2-3,6,9,11,13,15-16,18,23H,4-5,7-8,10H2,1H3/t15-,16+/m0/s1. The van der Waals surface area contributed by atoms with E-state index in [9.17, 15) is 13.6 Å². The van der Waals surface area contributed by atoms with Crippen LogP contribution in [0.5, 0.6) is 0 Å². The molecule has 2 aliphatic heterocycles. The monoisotopic (exact) mass is 375 g/mol. The third kappa shape index (κ3) is 3.52. The van der Waals surface area contributed by atoms with Gasteiger partial charge in [0.1, 0.15) is 11.9 Å². The van der Waals surface area contributed by atoms with Crippen LogP contribution in [0.4, 0.5) is 14.6 Å². The molecule has 0 bridgehead atoms. The summed E-state index contributed by atoms with van der Waals surface area (Å²) < 4.78 is 28.5. The number of amides is 1. The van der Waals surface area contributed by atoms with E-state index in [-0.39, 0.29) is 17.9 Å². The van der Waals surface area contributed by atoms with Gasteiger partial charge in [0.25, 0.3) is 12.3 Å². The number of carbonyl (C=O) groups is 1. The highest BCUT2D eigenvalue weighted by Gasteiger charge is 2.38. The predicted octanol–water partition coefficient (Wildman–Crippen LogP) is 3.13. The first kappa shape index (κ1) is 17.9. The van der Waals surface area contributed by atoms with Crippen LogP contribution >= 0.6 is 0 Å². The molecular formula is C19H23F2N5O. The summed E-state index contributed by atoms with van der Waals surface area (Å²) in [6.07, 6.45) is 2.73. The largest absolute Gasteiger partial charge is 0.367 e. The Morgan fingerprint density at radius 1 is 1.33 bits per heavy atom. The molecule has 1 N–H and O–H groups in total. The smallest absolute Gasteiger partial charge is 0.260 e. The molecule has 4 heterocycles. The van der Waals surface area contributed by atoms with Gasteiger partial charge in [-0.15, -0.1) is 0 Å². The second kappa shape index (κ2) is 7.25. The first-order chi connectivity index (χ1) is 13.0. The summed E-state index contributed by atoms with van der Waals surface area (Å²) in [5, 5.41) is 7.62. The number of rotatable bonds is 3. The number of hydrogen-bond donors (Lipinski definition) is 1. The molecule has 2 aromatic rings. The van der Waals surface area contributed by atoms with Crippen molar-refractivity contribution >= 4 is 11.7 Å². The SMILES string of the molecule is Cc1cc2n(n1)[C@@H](C(F)F)C[C@@H](C1CCN(C(=O)c3cccnc3)CC1)N2. The average molecular weight is 375 g/mol. The Morgan fingerprint density at radius 2 is 2.11 bits per heavy atom. The van der Waals surface area contributed by atoms with Crippen molar-refractivity contribution in [3.05, 3.63) is 41.9 Å². The Hall–Kier alpha value is -2.51. The van der Waals surface area contributed by atoms with Gasteiger partial charge in [0.05, 0.1) is 11.3 Å². The van der Waals surface area contributed by atoms with Gasteiger partial charge >= 0.3 is 0 Å². The third-order valence-corrected chi connectivity index (χ3v) is 5.60. The minimum Gasteiger partial charge on any atom is -0.367 e. The number of halogens is 2. The number of aromatic nitrogens is 3. The number of aryl methyl sites for hydroxylation is 1. The van der Waals surface area contributed by atoms with E-state index in [1.54, 1.807) is 24.5 Å². The summed E-state index contributed by atoms with van der Waals surface area (Å²) in [4.78, 5) is 18.4. The Balaban J connectivity index is 1.42. The van der Waals surface area contributed by atoms with Crippen LogP contribution in [0, 0.1) is 12.8 Å². The number of nitrogens with zero attached hydrogens (tertiary/aromatic N) is 4. The summed E-state index contributed by atoms with van der Waals surface area (Å²) >= 11 is 0. The molecule has 0 aromatic carbocycles. The van der Waals surface area contributed by atoms with Crippen molar-refractivity contribution in [2.24, 2.45) is 5.92 Å². The van der Waals surface area contributed by atoms with Gasteiger partial charge in [-0.05, 0) is 44.2 Å². The number of anilines is 1. The fourth-order valence-corrected chi connectivity index (χ4v) is 4.18. The van der Waals surface area contributed by atoms with Crippen LogP contribution in [-0.2, 0) is 0 Å². The van der Waals surface area contributed by atoms with E-state index >= 15 is 0 Å². The molecule has 1 amide bonds. The highest BCUT2D eigenvalue weighted by molar-refractivity contribution is 5.93. The van der Waals surface area contributed by atoms with E-state index in [4.69, 9.17) is 0 Å². The number of carbonyl (C=O) groups excluding carboxylic acids is 1. The lowest BCUT2D eigenvalue weighted by Crippen LogP contribution is -2.46. The molecule has 0 saturated carbocycles. The third-order valence-electron chi connectivity index (χ3n) is 5.60. The summed E-state index contributed by atoms with van der Waals surface area (Å²) in [7, 11) is 0. The average Bonchev–Trinajstić information content (AvgIpc) is 3.07. The molecule has 6 nitrogen and oxygen atoms in total. The lowest BCUT2D eigenvalue weighted by molar-refractivity contribution is 0.0539. The zero-order chi connectivity index (χ0) is 19.0. The van der Waals surface area contributed by atoms with Crippen LogP contribution in [0.1, 0.15) is 41.4 Å². The minimum atomic E-state index is -2.44. The first-order valence-electron chi connectivity index (χ1n) is 9.33. The molecule has 1 fully saturated rings. The van der Waals surface area contributed by atoms with Gasteiger partial charge < -0.3 is 10.2 Å². The second-order valence-corrected chi connectivity index (χ2v) is 7.38. The van der Waals surface area contributed by atoms with Crippen molar-refractivity contribution in [3.8, 4) is 0 Å². The second-order valence-electron chi connectivity index (χ2n) is 7.38. The minimum absolute atomic E-state index is 0.0164. The molecule has 8 heteroatoms. The zero-order valence-electron chi connectivity index (χ0n) is 15.2. The molecular weight excluding hydrogens is 352 g/mol. The molecule has 0 aliphatic carbocycles. The van der Waals surface area contributed by atoms with E-state index in [0.717, 1.165) is 18.5 Å². The van der Waals surface area contributed by atoms with Crippen molar-refractivity contribution in [2.75, 3.05) is 18.4 Å². The molecule has 1 saturated heterocycles. The number of hydrogen-bond acceptors (Lipinski definition) is 4. The Bertz CT molecular complexity index is 802. The van der Waals surface area contributed by atoms with Gasteiger partial charge in [-0.25, -0.2) is 13.5 Å². The van der Waals surface area contributed by atoms with E-state index in [2.05, 4.69) is 15.4 Å². The van der Waals surface area contributed by atoms with E-state index in [1.165, 1.54) is 4.68 Å². The molecule has 27 heavy (non-hydrogen) atoms. The van der Waals surface area contributed by atoms with E-state index in [0.29, 0.717) is 30.9 Å². The molecule has 2 atom stereocenters. The normalized spacial score (nSPS) is 23.2. The van der Waals surface area contributed by atoms with Crippen molar-refractivity contribution in [1.82, 2.24) is 19.7 Å². The highest BCUT2D eigenvalue weighted by atomic mass is 19.3. The van der Waals surface area contributed by atoms with Gasteiger partial charge in [0.15, 0.2) is 0 Å². The molecule has 144 valence electrons. The van der Waals surface area contributed by atoms with E-state index in [1.807, 2.05) is 17.9 Å². The lowest BCUT2D eigenvalue weighted by atomic mass is 9.85. The van der Waals surface area contributed by atoms with Crippen molar-refractivity contribution < 1.29 is 13.6 Å². The predicted molar refractivity (Wildman–Crippen MR) is 96.9 cm³/mol. The van der Waals surface area contributed by atoms with Crippen molar-refractivity contribution in [2.45, 2.75) is 44.7 Å². The van der Waals surface area contributed by atoms with Crippen LogP contribution in [0.3, 0.4) is 0 Å². The quantitative estimate of drug-likeness (QED) is 0.895. The van der Waals surface area contributed by atoms with Crippen molar-refractivity contribution in [3.63, 3.8) is 0 Å². The number of pyridine rings is 1. The Morgan fingerprint density at radius 3 is 2.78 bits per heavy atom. The zero-order valence-corrected chi connectivity index (χ0v) is 15.2. The van der Waals surface area contributed by atoms with Crippen LogP contribution in [-0.4, -0.2) is 51.1 Å². The maximum Gasteiger partial charge on any atom is 0.260 e. The Kier molecular flexibility index (Phi) is 4.80. The fraction of sp³-hybridized carbons (Fsp3) is 0.526. The molecule has 2 aromatic heterocycles. The molecule has 0 spiro atoms. The van der Waals surface area contributed by atoms with Gasteiger partial charge in [-0.1, -0.05) is 0 Å². The van der Waals surface area contributed by atoms with Crippen molar-refractivity contribution in [1.29, 1.82) is 0 Å². The van der Waals surface area contributed by atoms with Crippen LogP contribution in [0.15, 0.2) is 30.6 Å². The number of alkyl halides is 2. The molecule has 0 unspecified atom stereocenters. The first-order valence-corrected chi connectivity index (χ1v) is 9.33. The van der Waals surface area contributed by atoms with Crippen LogP contribution in [0.2, 0.25) is 0 Å². The number of likely N-dealkylation sites (tertiary alicyclic amines) is 1. The van der Waals surface area contributed by atoms with Gasteiger partial charge in [-0.3, -0.25) is 9.78 Å². The van der Waals surface area contributed by atoms with Crippen LogP contribution in [0.25, 0.3) is 0 Å². The van der Waals surface area contributed by atoms with Gasteiger partial charge in [0, 0.05) is 37.6 Å². The molecule has 2 aliphatic rings. The molecule has 4 rings (SSSR count). The van der Waals surface area contributed by atoms with Crippen LogP contribution < -0.4 is 5.32 Å². The van der Waals surface area contributed by atoms with E-state index < -0.39 is 12.5 Å². The van der Waals surface area contributed by atoms with Gasteiger partial charge in [-0.2, -0.15) is 5.10 Å². The number of fused-ring (bicyclic) bond motifs is 1.